The molecule has 3 rings (SSSR count). The monoisotopic (exact) mass is 464 g/mol. The van der Waals surface area contributed by atoms with Crippen LogP contribution in [0.5, 0.6) is 0 Å². The number of hydrogen-bond donors (Lipinski definition) is 1. The second-order valence-electron chi connectivity index (χ2n) is 8.88. The van der Waals surface area contributed by atoms with Crippen molar-refractivity contribution in [2.24, 2.45) is 5.92 Å². The number of halogens is 2. The van der Waals surface area contributed by atoms with Gasteiger partial charge in [-0.3, -0.25) is 9.59 Å². The van der Waals surface area contributed by atoms with Crippen molar-refractivity contribution < 1.29 is 9.59 Å². The number of nitrogens with one attached hydrogen (secondary N) is 1. The molecule has 0 saturated heterocycles. The summed E-state index contributed by atoms with van der Waals surface area (Å²) in [5, 5.41) is 3.73. The number of nitrogens with zero attached hydrogens (tertiary/aromatic N) is 1. The Bertz CT molecular complexity index is 795. The molecule has 0 heterocycles. The van der Waals surface area contributed by atoms with Crippen LogP contribution in [-0.2, 0) is 9.59 Å². The van der Waals surface area contributed by atoms with Crippen LogP contribution in [0, 0.1) is 5.92 Å². The number of alkyl halides is 1. The third-order valence-electron chi connectivity index (χ3n) is 6.69. The van der Waals surface area contributed by atoms with Gasteiger partial charge in [0.25, 0.3) is 0 Å². The van der Waals surface area contributed by atoms with E-state index in [4.69, 9.17) is 23.2 Å². The second-order valence-corrected chi connectivity index (χ2v) is 9.55. The molecule has 1 saturated carbocycles. The molecule has 0 bridgehead atoms. The first-order valence-corrected chi connectivity index (χ1v) is 12.5. The maximum Gasteiger partial charge on any atom is 0.247 e. The largest absolute Gasteiger partial charge is 0.351 e. The number of rotatable bonds is 8. The summed E-state index contributed by atoms with van der Waals surface area (Å²) >= 11 is 12.5. The van der Waals surface area contributed by atoms with Crippen molar-refractivity contribution in [1.29, 1.82) is 0 Å². The average Bonchev–Trinajstić information content (AvgIpc) is 2.79. The fraction of sp³-hybridized carbons (Fsp3) is 0.600. The van der Waals surface area contributed by atoms with E-state index in [0.717, 1.165) is 38.5 Å². The molecule has 170 valence electrons. The van der Waals surface area contributed by atoms with Crippen LogP contribution in [0.15, 0.2) is 35.9 Å². The van der Waals surface area contributed by atoms with Crippen molar-refractivity contribution in [2.45, 2.75) is 76.8 Å². The highest BCUT2D eigenvalue weighted by molar-refractivity contribution is 6.31. The number of hydrogen-bond acceptors (Lipinski definition) is 2. The highest BCUT2D eigenvalue weighted by Crippen LogP contribution is 2.31. The van der Waals surface area contributed by atoms with E-state index in [9.17, 15) is 9.59 Å². The van der Waals surface area contributed by atoms with Gasteiger partial charge in [-0.15, -0.1) is 11.6 Å². The molecule has 2 aliphatic rings. The van der Waals surface area contributed by atoms with E-state index in [1.165, 1.54) is 24.8 Å². The standard InChI is InChI=1S/C25H34Cl2N2O2/c1-18-9-5-8-14-22(18)28-25(31)24(20-12-6-7-13-21(20)27)29(23(30)17-26)16-15-19-10-3-2-4-11-19/h6-7,10,12-13,18,22,24H,2-5,8-9,11,14-17H2,1H3,(H,28,31)/t18-,22-,24+/m1/s1. The van der Waals surface area contributed by atoms with E-state index in [2.05, 4.69) is 18.3 Å². The zero-order valence-corrected chi connectivity index (χ0v) is 19.9. The third-order valence-corrected chi connectivity index (χ3v) is 7.27. The first-order valence-electron chi connectivity index (χ1n) is 11.6. The maximum atomic E-state index is 13.6. The van der Waals surface area contributed by atoms with Crippen LogP contribution in [0.1, 0.15) is 76.3 Å². The summed E-state index contributed by atoms with van der Waals surface area (Å²) in [4.78, 5) is 28.2. The molecule has 1 aromatic carbocycles. The van der Waals surface area contributed by atoms with Crippen molar-refractivity contribution in [3.8, 4) is 0 Å². The maximum absolute atomic E-state index is 13.6. The van der Waals surface area contributed by atoms with Crippen LogP contribution in [0.3, 0.4) is 0 Å². The molecular weight excluding hydrogens is 431 g/mol. The van der Waals surface area contributed by atoms with Gasteiger partial charge in [0.2, 0.25) is 11.8 Å². The van der Waals surface area contributed by atoms with Crippen molar-refractivity contribution in [3.05, 3.63) is 46.5 Å². The van der Waals surface area contributed by atoms with Gasteiger partial charge in [0, 0.05) is 23.2 Å². The molecule has 0 radical (unpaired) electrons. The van der Waals surface area contributed by atoms with Gasteiger partial charge in [0.1, 0.15) is 11.9 Å². The number of amides is 2. The molecule has 4 nitrogen and oxygen atoms in total. The lowest BCUT2D eigenvalue weighted by molar-refractivity contribution is -0.139. The first-order chi connectivity index (χ1) is 15.0. The topological polar surface area (TPSA) is 49.4 Å². The Labute approximate surface area is 196 Å². The SMILES string of the molecule is C[C@@H]1CCCC[C@H]1NC(=O)[C@H](c1ccccc1Cl)N(CCC1=CCCCC1)C(=O)CCl. The third kappa shape index (κ3) is 6.49. The summed E-state index contributed by atoms with van der Waals surface area (Å²) < 4.78 is 0. The zero-order valence-electron chi connectivity index (χ0n) is 18.4. The molecule has 1 fully saturated rings. The number of benzene rings is 1. The van der Waals surface area contributed by atoms with E-state index in [1.54, 1.807) is 11.0 Å². The molecule has 6 heteroatoms. The molecule has 0 aliphatic heterocycles. The second kappa shape index (κ2) is 11.9. The first kappa shape index (κ1) is 24.1. The lowest BCUT2D eigenvalue weighted by Crippen LogP contribution is -2.49. The Kier molecular flexibility index (Phi) is 9.28. The molecule has 0 spiro atoms. The Hall–Kier alpha value is -1.52. The summed E-state index contributed by atoms with van der Waals surface area (Å²) in [5.74, 6) is -0.139. The number of allylic oxidation sites excluding steroid dienone is 1. The Balaban J connectivity index is 1.87. The van der Waals surface area contributed by atoms with E-state index in [1.807, 2.05) is 18.2 Å². The van der Waals surface area contributed by atoms with Crippen LogP contribution in [-0.4, -0.2) is 35.2 Å². The molecule has 2 amide bonds. The highest BCUT2D eigenvalue weighted by Gasteiger charge is 2.34. The van der Waals surface area contributed by atoms with Crippen molar-refractivity contribution in [3.63, 3.8) is 0 Å². The Morgan fingerprint density at radius 2 is 1.94 bits per heavy atom. The Morgan fingerprint density at radius 1 is 1.16 bits per heavy atom. The fourth-order valence-electron chi connectivity index (χ4n) is 4.81. The van der Waals surface area contributed by atoms with Crippen molar-refractivity contribution in [1.82, 2.24) is 10.2 Å². The van der Waals surface area contributed by atoms with E-state index >= 15 is 0 Å². The molecular formula is C25H34Cl2N2O2. The van der Waals surface area contributed by atoms with Crippen LogP contribution in [0.25, 0.3) is 0 Å². The van der Waals surface area contributed by atoms with E-state index in [-0.39, 0.29) is 23.7 Å². The minimum Gasteiger partial charge on any atom is -0.351 e. The molecule has 31 heavy (non-hydrogen) atoms. The number of carbonyl (C=O) groups is 2. The van der Waals surface area contributed by atoms with E-state index < -0.39 is 6.04 Å². The van der Waals surface area contributed by atoms with Gasteiger partial charge in [0.15, 0.2) is 0 Å². The number of carbonyl (C=O) groups excluding carboxylic acids is 2. The molecule has 2 aliphatic carbocycles. The van der Waals surface area contributed by atoms with Crippen LogP contribution < -0.4 is 5.32 Å². The summed E-state index contributed by atoms with van der Waals surface area (Å²) in [6.45, 7) is 2.65. The quantitative estimate of drug-likeness (QED) is 0.376. The summed E-state index contributed by atoms with van der Waals surface area (Å²) in [5.41, 5.74) is 2.01. The normalized spacial score (nSPS) is 22.4. The summed E-state index contributed by atoms with van der Waals surface area (Å²) in [6, 6.07) is 6.65. The van der Waals surface area contributed by atoms with Crippen LogP contribution >= 0.6 is 23.2 Å². The predicted octanol–water partition coefficient (Wildman–Crippen LogP) is 6.03. The molecule has 0 aromatic heterocycles. The highest BCUT2D eigenvalue weighted by atomic mass is 35.5. The minimum atomic E-state index is -0.779. The van der Waals surface area contributed by atoms with Gasteiger partial charge < -0.3 is 10.2 Å². The van der Waals surface area contributed by atoms with Gasteiger partial charge in [-0.2, -0.15) is 0 Å². The molecule has 1 N–H and O–H groups in total. The zero-order chi connectivity index (χ0) is 22.2. The van der Waals surface area contributed by atoms with Crippen molar-refractivity contribution in [2.75, 3.05) is 12.4 Å². The van der Waals surface area contributed by atoms with Crippen LogP contribution in [0.2, 0.25) is 5.02 Å². The lowest BCUT2D eigenvalue weighted by Gasteiger charge is -2.35. The van der Waals surface area contributed by atoms with Gasteiger partial charge in [0.05, 0.1) is 0 Å². The minimum absolute atomic E-state index is 0.125. The smallest absolute Gasteiger partial charge is 0.247 e. The summed E-state index contributed by atoms with van der Waals surface area (Å²) in [7, 11) is 0. The fourth-order valence-corrected chi connectivity index (χ4v) is 5.20. The lowest BCUT2D eigenvalue weighted by atomic mass is 9.85. The van der Waals surface area contributed by atoms with Gasteiger partial charge >= 0.3 is 0 Å². The van der Waals surface area contributed by atoms with Gasteiger partial charge in [-0.05, 0) is 56.9 Å². The Morgan fingerprint density at radius 3 is 2.61 bits per heavy atom. The molecule has 3 atom stereocenters. The van der Waals surface area contributed by atoms with Gasteiger partial charge in [-0.25, -0.2) is 0 Å². The van der Waals surface area contributed by atoms with Crippen LogP contribution in [0.4, 0.5) is 0 Å². The van der Waals surface area contributed by atoms with E-state index in [0.29, 0.717) is 23.0 Å². The average molecular weight is 465 g/mol. The predicted molar refractivity (Wildman–Crippen MR) is 127 cm³/mol. The molecule has 0 unspecified atom stereocenters. The molecule has 1 aromatic rings. The summed E-state index contributed by atoms with van der Waals surface area (Å²) in [6.07, 6.45) is 12.0. The van der Waals surface area contributed by atoms with Crippen molar-refractivity contribution >= 4 is 35.0 Å². The van der Waals surface area contributed by atoms with Gasteiger partial charge in [-0.1, -0.05) is 61.2 Å².